The van der Waals surface area contributed by atoms with Gasteiger partial charge in [0.2, 0.25) is 5.91 Å². The molecule has 3 rings (SSSR count). The van der Waals surface area contributed by atoms with Crippen LogP contribution in [0.3, 0.4) is 0 Å². The molecule has 8 nitrogen and oxygen atoms in total. The van der Waals surface area contributed by atoms with Crippen molar-refractivity contribution in [2.45, 2.75) is 45.3 Å². The first-order valence-electron chi connectivity index (χ1n) is 11.2. The Morgan fingerprint density at radius 1 is 0.970 bits per heavy atom. The molecular weight excluding hydrogens is 420 g/mol. The molecule has 0 bridgehead atoms. The van der Waals surface area contributed by atoms with Crippen molar-refractivity contribution in [3.8, 4) is 0 Å². The van der Waals surface area contributed by atoms with Gasteiger partial charge in [-0.3, -0.25) is 14.4 Å². The molecule has 0 radical (unpaired) electrons. The van der Waals surface area contributed by atoms with Gasteiger partial charge in [-0.15, -0.1) is 0 Å². The molecule has 0 saturated carbocycles. The Hall–Kier alpha value is -3.39. The number of anilines is 2. The average Bonchev–Trinajstić information content (AvgIpc) is 3.29. The van der Waals surface area contributed by atoms with Crippen LogP contribution in [0, 0.1) is 0 Å². The Kier molecular flexibility index (Phi) is 8.06. The summed E-state index contributed by atoms with van der Waals surface area (Å²) in [6.07, 6.45) is 2.09. The SMILES string of the molecule is CC(C)(C)NC(=O)c1cccc(NCC(=O)Nc2ccc(C(=O)NCC3CCCO3)cc2)c1. The van der Waals surface area contributed by atoms with Gasteiger partial charge < -0.3 is 26.0 Å². The van der Waals surface area contributed by atoms with E-state index in [0.29, 0.717) is 29.0 Å². The van der Waals surface area contributed by atoms with Gasteiger partial charge in [0.05, 0.1) is 12.6 Å². The van der Waals surface area contributed by atoms with Crippen LogP contribution < -0.4 is 21.3 Å². The minimum absolute atomic E-state index is 0.0357. The van der Waals surface area contributed by atoms with Gasteiger partial charge in [0.25, 0.3) is 11.8 Å². The Bertz CT molecular complexity index is 977. The Morgan fingerprint density at radius 3 is 2.39 bits per heavy atom. The summed E-state index contributed by atoms with van der Waals surface area (Å²) in [7, 11) is 0. The lowest BCUT2D eigenvalue weighted by atomic mass is 10.1. The van der Waals surface area contributed by atoms with Crippen LogP contribution in [0.1, 0.15) is 54.3 Å². The third kappa shape index (κ3) is 7.91. The van der Waals surface area contributed by atoms with Crippen molar-refractivity contribution in [3.63, 3.8) is 0 Å². The van der Waals surface area contributed by atoms with E-state index in [1.54, 1.807) is 48.5 Å². The molecule has 0 spiro atoms. The van der Waals surface area contributed by atoms with Gasteiger partial charge in [0.1, 0.15) is 0 Å². The maximum absolute atomic E-state index is 12.3. The number of rotatable bonds is 8. The van der Waals surface area contributed by atoms with Crippen molar-refractivity contribution in [2.24, 2.45) is 0 Å². The topological polar surface area (TPSA) is 109 Å². The van der Waals surface area contributed by atoms with E-state index in [1.165, 1.54) is 0 Å². The van der Waals surface area contributed by atoms with E-state index in [0.717, 1.165) is 19.4 Å². The fourth-order valence-corrected chi connectivity index (χ4v) is 3.39. The van der Waals surface area contributed by atoms with Gasteiger partial charge in [0.15, 0.2) is 0 Å². The highest BCUT2D eigenvalue weighted by Crippen LogP contribution is 2.14. The van der Waals surface area contributed by atoms with Crippen molar-refractivity contribution >= 4 is 29.1 Å². The van der Waals surface area contributed by atoms with Crippen LogP contribution in [0.5, 0.6) is 0 Å². The minimum atomic E-state index is -0.332. The van der Waals surface area contributed by atoms with Gasteiger partial charge in [-0.05, 0) is 76.1 Å². The van der Waals surface area contributed by atoms with Crippen LogP contribution in [0.2, 0.25) is 0 Å². The predicted molar refractivity (Wildman–Crippen MR) is 129 cm³/mol. The number of carbonyl (C=O) groups is 3. The van der Waals surface area contributed by atoms with E-state index in [4.69, 9.17) is 4.74 Å². The van der Waals surface area contributed by atoms with Crippen LogP contribution in [0.25, 0.3) is 0 Å². The van der Waals surface area contributed by atoms with E-state index < -0.39 is 0 Å². The molecule has 1 saturated heterocycles. The Balaban J connectivity index is 1.46. The molecule has 1 unspecified atom stereocenters. The number of nitrogens with one attached hydrogen (secondary N) is 4. The summed E-state index contributed by atoms with van der Waals surface area (Å²) in [5.74, 6) is -0.578. The molecule has 1 heterocycles. The zero-order chi connectivity index (χ0) is 23.8. The molecule has 2 aromatic carbocycles. The molecule has 1 aliphatic heterocycles. The molecule has 176 valence electrons. The largest absolute Gasteiger partial charge is 0.376 e. The zero-order valence-electron chi connectivity index (χ0n) is 19.4. The standard InChI is InChI=1S/C25H32N4O4/c1-25(2,3)29-24(32)18-6-4-7-20(14-18)26-16-22(30)28-19-11-9-17(10-12-19)23(31)27-15-21-8-5-13-33-21/h4,6-7,9-12,14,21,26H,5,8,13,15-16H2,1-3H3,(H,27,31)(H,28,30)(H,29,32). The maximum Gasteiger partial charge on any atom is 0.251 e. The van der Waals surface area contributed by atoms with E-state index >= 15 is 0 Å². The summed E-state index contributed by atoms with van der Waals surface area (Å²) >= 11 is 0. The lowest BCUT2D eigenvalue weighted by Gasteiger charge is -2.20. The molecule has 33 heavy (non-hydrogen) atoms. The van der Waals surface area contributed by atoms with Crippen LogP contribution in [0.15, 0.2) is 48.5 Å². The molecular formula is C25H32N4O4. The summed E-state index contributed by atoms with van der Waals surface area (Å²) in [6.45, 7) is 7.04. The molecule has 4 N–H and O–H groups in total. The van der Waals surface area contributed by atoms with Crippen LogP contribution in [0.4, 0.5) is 11.4 Å². The Morgan fingerprint density at radius 2 is 1.73 bits per heavy atom. The van der Waals surface area contributed by atoms with E-state index in [9.17, 15) is 14.4 Å². The van der Waals surface area contributed by atoms with E-state index in [-0.39, 0.29) is 35.9 Å². The quantitative estimate of drug-likeness (QED) is 0.492. The highest BCUT2D eigenvalue weighted by molar-refractivity contribution is 5.97. The third-order valence-corrected chi connectivity index (χ3v) is 5.01. The van der Waals surface area contributed by atoms with Gasteiger partial charge in [0, 0.05) is 41.2 Å². The molecule has 1 fully saturated rings. The highest BCUT2D eigenvalue weighted by atomic mass is 16.5. The number of hydrogen-bond acceptors (Lipinski definition) is 5. The second-order valence-electron chi connectivity index (χ2n) is 9.11. The third-order valence-electron chi connectivity index (χ3n) is 5.01. The first-order valence-corrected chi connectivity index (χ1v) is 11.2. The number of amides is 3. The van der Waals surface area contributed by atoms with Crippen LogP contribution in [-0.4, -0.2) is 49.1 Å². The highest BCUT2D eigenvalue weighted by Gasteiger charge is 2.17. The monoisotopic (exact) mass is 452 g/mol. The van der Waals surface area contributed by atoms with Crippen LogP contribution >= 0.6 is 0 Å². The Labute approximate surface area is 194 Å². The van der Waals surface area contributed by atoms with E-state index in [1.807, 2.05) is 20.8 Å². The molecule has 1 aliphatic rings. The lowest BCUT2D eigenvalue weighted by molar-refractivity contribution is -0.114. The number of hydrogen-bond donors (Lipinski definition) is 4. The minimum Gasteiger partial charge on any atom is -0.376 e. The first-order chi connectivity index (χ1) is 15.7. The summed E-state index contributed by atoms with van der Waals surface area (Å²) in [5, 5.41) is 11.6. The van der Waals surface area contributed by atoms with Crippen molar-refractivity contribution in [3.05, 3.63) is 59.7 Å². The fourth-order valence-electron chi connectivity index (χ4n) is 3.39. The van der Waals surface area contributed by atoms with Crippen molar-refractivity contribution in [1.29, 1.82) is 0 Å². The zero-order valence-corrected chi connectivity index (χ0v) is 19.4. The summed E-state index contributed by atoms with van der Waals surface area (Å²) in [4.78, 5) is 36.9. The fraction of sp³-hybridized carbons (Fsp3) is 0.400. The van der Waals surface area contributed by atoms with Crippen LogP contribution in [-0.2, 0) is 9.53 Å². The normalized spacial score (nSPS) is 15.5. The van der Waals surface area contributed by atoms with Gasteiger partial charge in [-0.2, -0.15) is 0 Å². The summed E-state index contributed by atoms with van der Waals surface area (Å²) in [5.41, 5.74) is 1.97. The van der Waals surface area contributed by atoms with E-state index in [2.05, 4.69) is 21.3 Å². The molecule has 0 aliphatic carbocycles. The summed E-state index contributed by atoms with van der Waals surface area (Å²) in [6, 6.07) is 13.7. The van der Waals surface area contributed by atoms with Crippen molar-refractivity contribution in [2.75, 3.05) is 30.3 Å². The van der Waals surface area contributed by atoms with Gasteiger partial charge in [-0.25, -0.2) is 0 Å². The lowest BCUT2D eigenvalue weighted by Crippen LogP contribution is -2.40. The molecule has 8 heteroatoms. The van der Waals surface area contributed by atoms with Gasteiger partial charge >= 0.3 is 0 Å². The molecule has 3 amide bonds. The average molecular weight is 453 g/mol. The predicted octanol–water partition coefficient (Wildman–Crippen LogP) is 3.17. The molecule has 1 atom stereocenters. The second-order valence-corrected chi connectivity index (χ2v) is 9.11. The number of benzene rings is 2. The molecule has 0 aromatic heterocycles. The summed E-state index contributed by atoms with van der Waals surface area (Å²) < 4.78 is 5.51. The van der Waals surface area contributed by atoms with Gasteiger partial charge in [-0.1, -0.05) is 6.07 Å². The smallest absolute Gasteiger partial charge is 0.251 e. The number of ether oxygens (including phenoxy) is 1. The van der Waals surface area contributed by atoms with Crippen molar-refractivity contribution in [1.82, 2.24) is 10.6 Å². The first kappa shape index (κ1) is 24.3. The van der Waals surface area contributed by atoms with Crippen molar-refractivity contribution < 1.29 is 19.1 Å². The second kappa shape index (κ2) is 11.0. The number of carbonyl (C=O) groups excluding carboxylic acids is 3. The molecule has 2 aromatic rings. The maximum atomic E-state index is 12.3.